The van der Waals surface area contributed by atoms with E-state index >= 15 is 0 Å². The zero-order valence-corrected chi connectivity index (χ0v) is 18.8. The molecule has 0 unspecified atom stereocenters. The van der Waals surface area contributed by atoms with Gasteiger partial charge >= 0.3 is 0 Å². The Morgan fingerprint density at radius 1 is 1.06 bits per heavy atom. The zero-order chi connectivity index (χ0) is 23.4. The van der Waals surface area contributed by atoms with Gasteiger partial charge in [0.1, 0.15) is 11.5 Å². The standard InChI is InChI=1S/C22H31N3O2.CH3N.H3NO/c1-16(2)20-12-18(21(26)13-22(20)27)15-24(3)19-6-4-17(5-7-19)14-25-10-8-23-9-11-25;2*1-2/h4-7,12-13,16,23,26-27H,8-11,14-15H2,1-3H3;2*2H,1H2. The molecule has 3 rings (SSSR count). The Morgan fingerprint density at radius 3 is 2.19 bits per heavy atom. The van der Waals surface area contributed by atoms with Gasteiger partial charge in [-0.25, -0.2) is 5.90 Å². The van der Waals surface area contributed by atoms with Crippen LogP contribution < -0.4 is 16.1 Å². The molecule has 1 heterocycles. The number of piperazine rings is 1. The summed E-state index contributed by atoms with van der Waals surface area (Å²) in [6.07, 6.45) is 0. The SMILES string of the molecule is C=N.CC(C)c1cc(CN(C)c2ccc(CN3CCNCC3)cc2)c(O)cc1O.NO. The van der Waals surface area contributed by atoms with Crippen LogP contribution in [0.5, 0.6) is 11.5 Å². The van der Waals surface area contributed by atoms with Gasteiger partial charge in [0.25, 0.3) is 0 Å². The highest BCUT2D eigenvalue weighted by atomic mass is 16.4. The minimum absolute atomic E-state index is 0.138. The number of nitrogens with one attached hydrogen (secondary N) is 2. The lowest BCUT2D eigenvalue weighted by Gasteiger charge is -2.27. The molecule has 0 aromatic heterocycles. The molecule has 0 amide bonds. The fourth-order valence-corrected chi connectivity index (χ4v) is 3.56. The largest absolute Gasteiger partial charge is 0.508 e. The summed E-state index contributed by atoms with van der Waals surface area (Å²) in [6.45, 7) is 12.5. The molecule has 8 heteroatoms. The number of rotatable bonds is 6. The van der Waals surface area contributed by atoms with E-state index < -0.39 is 0 Å². The summed E-state index contributed by atoms with van der Waals surface area (Å²) < 4.78 is 0. The summed E-state index contributed by atoms with van der Waals surface area (Å²) in [4.78, 5) is 4.59. The summed E-state index contributed by atoms with van der Waals surface area (Å²) in [5.41, 5.74) is 4.12. The van der Waals surface area contributed by atoms with E-state index in [4.69, 9.17) is 10.6 Å². The normalized spacial score (nSPS) is 13.6. The first kappa shape index (κ1) is 26.4. The average molecular weight is 432 g/mol. The monoisotopic (exact) mass is 431 g/mol. The van der Waals surface area contributed by atoms with Crippen molar-refractivity contribution in [1.29, 1.82) is 5.41 Å². The van der Waals surface area contributed by atoms with E-state index in [1.165, 1.54) is 11.6 Å². The highest BCUT2D eigenvalue weighted by Crippen LogP contribution is 2.33. The molecule has 172 valence electrons. The van der Waals surface area contributed by atoms with Crippen molar-refractivity contribution < 1.29 is 15.4 Å². The van der Waals surface area contributed by atoms with Gasteiger partial charge in [-0.1, -0.05) is 26.0 Å². The Kier molecular flexibility index (Phi) is 11.6. The molecular weight excluding hydrogens is 394 g/mol. The van der Waals surface area contributed by atoms with Crippen LogP contribution in [0.3, 0.4) is 0 Å². The molecular formula is C23H37N5O3. The fourth-order valence-electron chi connectivity index (χ4n) is 3.56. The lowest BCUT2D eigenvalue weighted by molar-refractivity contribution is 0.233. The van der Waals surface area contributed by atoms with Gasteiger partial charge in [0.05, 0.1) is 0 Å². The average Bonchev–Trinajstić information content (AvgIpc) is 2.79. The zero-order valence-electron chi connectivity index (χ0n) is 18.8. The lowest BCUT2D eigenvalue weighted by Crippen LogP contribution is -2.42. The number of phenolic OH excluding ortho intramolecular Hbond substituents is 2. The van der Waals surface area contributed by atoms with Crippen molar-refractivity contribution in [2.75, 3.05) is 38.1 Å². The number of phenols is 2. The van der Waals surface area contributed by atoms with Crippen molar-refractivity contribution >= 4 is 12.4 Å². The molecule has 0 spiro atoms. The third-order valence-corrected chi connectivity index (χ3v) is 5.25. The van der Waals surface area contributed by atoms with Gasteiger partial charge in [-0.3, -0.25) is 4.90 Å². The van der Waals surface area contributed by atoms with E-state index in [2.05, 4.69) is 52.0 Å². The minimum Gasteiger partial charge on any atom is -0.508 e. The predicted octanol–water partition coefficient (Wildman–Crippen LogP) is 2.86. The third-order valence-electron chi connectivity index (χ3n) is 5.25. The van der Waals surface area contributed by atoms with Gasteiger partial charge in [0.15, 0.2) is 0 Å². The van der Waals surface area contributed by atoms with Gasteiger partial charge in [-0.15, -0.1) is 0 Å². The molecule has 31 heavy (non-hydrogen) atoms. The molecule has 8 nitrogen and oxygen atoms in total. The molecule has 1 aliphatic rings. The molecule has 0 bridgehead atoms. The Labute approximate surface area is 185 Å². The molecule has 2 aromatic carbocycles. The summed E-state index contributed by atoms with van der Waals surface area (Å²) in [6, 6.07) is 12.0. The van der Waals surface area contributed by atoms with Crippen molar-refractivity contribution in [1.82, 2.24) is 10.2 Å². The van der Waals surface area contributed by atoms with Gasteiger partial charge in [-0.2, -0.15) is 0 Å². The van der Waals surface area contributed by atoms with Crippen molar-refractivity contribution in [3.63, 3.8) is 0 Å². The van der Waals surface area contributed by atoms with Crippen LogP contribution in [0.1, 0.15) is 36.5 Å². The first-order valence-corrected chi connectivity index (χ1v) is 10.3. The summed E-state index contributed by atoms with van der Waals surface area (Å²) in [5, 5.41) is 35.6. The smallest absolute Gasteiger partial charge is 0.124 e. The van der Waals surface area contributed by atoms with E-state index in [1.54, 1.807) is 0 Å². The number of anilines is 1. The van der Waals surface area contributed by atoms with Gasteiger partial charge in [-0.05, 0) is 42.0 Å². The van der Waals surface area contributed by atoms with E-state index in [0.29, 0.717) is 6.54 Å². The highest BCUT2D eigenvalue weighted by molar-refractivity contribution is 5.51. The number of nitrogens with zero attached hydrogens (tertiary/aromatic N) is 2. The van der Waals surface area contributed by atoms with E-state index in [-0.39, 0.29) is 17.4 Å². The Morgan fingerprint density at radius 2 is 1.65 bits per heavy atom. The molecule has 1 aliphatic heterocycles. The van der Waals surface area contributed by atoms with Crippen LogP contribution in [-0.4, -0.2) is 60.3 Å². The van der Waals surface area contributed by atoms with Crippen molar-refractivity contribution in [2.45, 2.75) is 32.9 Å². The molecule has 1 saturated heterocycles. The fraction of sp³-hybridized carbons (Fsp3) is 0.435. The Hall–Kier alpha value is -2.65. The van der Waals surface area contributed by atoms with Crippen LogP contribution in [0, 0.1) is 5.41 Å². The Balaban J connectivity index is 0.00000113. The van der Waals surface area contributed by atoms with E-state index in [9.17, 15) is 10.2 Å². The van der Waals surface area contributed by atoms with Gasteiger partial charge in [0.2, 0.25) is 0 Å². The van der Waals surface area contributed by atoms with Crippen LogP contribution in [0.4, 0.5) is 5.69 Å². The summed E-state index contributed by atoms with van der Waals surface area (Å²) >= 11 is 0. The van der Waals surface area contributed by atoms with E-state index in [1.807, 2.05) is 27.0 Å². The molecule has 0 saturated carbocycles. The van der Waals surface area contributed by atoms with Crippen molar-refractivity contribution in [2.24, 2.45) is 5.90 Å². The van der Waals surface area contributed by atoms with Crippen molar-refractivity contribution in [3.05, 3.63) is 53.1 Å². The predicted molar refractivity (Wildman–Crippen MR) is 126 cm³/mol. The van der Waals surface area contributed by atoms with Crippen LogP contribution >= 0.6 is 0 Å². The van der Waals surface area contributed by atoms with Crippen LogP contribution in [0.2, 0.25) is 0 Å². The summed E-state index contributed by atoms with van der Waals surface area (Å²) in [7, 11) is 2.02. The molecule has 0 radical (unpaired) electrons. The van der Waals surface area contributed by atoms with Crippen molar-refractivity contribution in [3.8, 4) is 11.5 Å². The first-order valence-electron chi connectivity index (χ1n) is 10.3. The first-order chi connectivity index (χ1) is 14.9. The van der Waals surface area contributed by atoms with Crippen LogP contribution in [0.25, 0.3) is 0 Å². The number of nitrogens with two attached hydrogens (primary N) is 1. The number of aromatic hydroxyl groups is 2. The van der Waals surface area contributed by atoms with Gasteiger partial charge < -0.3 is 31.0 Å². The third kappa shape index (κ3) is 7.84. The second-order valence-electron chi connectivity index (χ2n) is 7.74. The van der Waals surface area contributed by atoms with E-state index in [0.717, 1.165) is 49.5 Å². The van der Waals surface area contributed by atoms with Crippen LogP contribution in [0.15, 0.2) is 36.4 Å². The van der Waals surface area contributed by atoms with Crippen LogP contribution in [-0.2, 0) is 13.1 Å². The van der Waals surface area contributed by atoms with Gasteiger partial charge in [0, 0.05) is 63.6 Å². The second-order valence-corrected chi connectivity index (χ2v) is 7.74. The maximum Gasteiger partial charge on any atom is 0.124 e. The minimum atomic E-state index is 0.138. The second kappa shape index (κ2) is 13.6. The molecule has 1 fully saturated rings. The maximum atomic E-state index is 10.2. The maximum absolute atomic E-state index is 10.2. The highest BCUT2D eigenvalue weighted by Gasteiger charge is 2.14. The number of hydrogen-bond acceptors (Lipinski definition) is 8. The molecule has 0 atom stereocenters. The summed E-state index contributed by atoms with van der Waals surface area (Å²) in [5.74, 6) is 4.00. The number of benzene rings is 2. The molecule has 2 aromatic rings. The molecule has 0 aliphatic carbocycles. The topological polar surface area (TPSA) is 129 Å². The Bertz CT molecular complexity index is 778. The number of hydrogen-bond donors (Lipinski definition) is 6. The molecule has 7 N–H and O–H groups in total. The quantitative estimate of drug-likeness (QED) is 0.306. The lowest BCUT2D eigenvalue weighted by atomic mass is 9.98.